The smallest absolute Gasteiger partial charge is 0.307 e. The van der Waals surface area contributed by atoms with Gasteiger partial charge in [-0.05, 0) is 28.8 Å². The maximum absolute atomic E-state index is 10.6. The second kappa shape index (κ2) is 4.35. The third-order valence-corrected chi connectivity index (χ3v) is 3.69. The molecule has 1 aliphatic rings. The normalized spacial score (nSPS) is 17.1. The number of aromatic nitrogens is 2. The number of carboxylic acid groups (broad SMARTS) is 1. The van der Waals surface area contributed by atoms with Crippen LogP contribution in [0.2, 0.25) is 0 Å². The van der Waals surface area contributed by atoms with Gasteiger partial charge in [0.05, 0.1) is 18.7 Å². The topological polar surface area (TPSA) is 55.1 Å². The van der Waals surface area contributed by atoms with Gasteiger partial charge in [0.2, 0.25) is 0 Å². The summed E-state index contributed by atoms with van der Waals surface area (Å²) in [5, 5.41) is 13.0. The van der Waals surface area contributed by atoms with Crippen LogP contribution in [0.5, 0.6) is 0 Å². The maximum Gasteiger partial charge on any atom is 0.307 e. The summed E-state index contributed by atoms with van der Waals surface area (Å²) in [5.74, 6) is -0.818. The highest BCUT2D eigenvalue weighted by Gasteiger charge is 2.21. The molecule has 5 heteroatoms. The van der Waals surface area contributed by atoms with Crippen molar-refractivity contribution in [3.63, 3.8) is 0 Å². The number of halogens is 1. The second-order valence-corrected chi connectivity index (χ2v) is 4.67. The van der Waals surface area contributed by atoms with Gasteiger partial charge in [0.25, 0.3) is 0 Å². The standard InChI is InChI=1S/C10H13BrN2O2/c11-10-7(5-9(14)15)6-12-13(10)8-3-1-2-4-8/h6,8H,1-5H2,(H,14,15). The zero-order valence-corrected chi connectivity index (χ0v) is 9.90. The van der Waals surface area contributed by atoms with Gasteiger partial charge in [-0.15, -0.1) is 0 Å². The van der Waals surface area contributed by atoms with Crippen LogP contribution in [0.4, 0.5) is 0 Å². The molecular formula is C10H13BrN2O2. The van der Waals surface area contributed by atoms with E-state index in [-0.39, 0.29) is 6.42 Å². The predicted octanol–water partition coefficient (Wildman–Crippen LogP) is 2.39. The van der Waals surface area contributed by atoms with Gasteiger partial charge in [-0.3, -0.25) is 9.48 Å². The molecule has 2 rings (SSSR count). The van der Waals surface area contributed by atoms with Crippen LogP contribution in [-0.2, 0) is 11.2 Å². The lowest BCUT2D eigenvalue weighted by Crippen LogP contribution is -2.07. The van der Waals surface area contributed by atoms with Crippen LogP contribution < -0.4 is 0 Å². The Hall–Kier alpha value is -0.840. The summed E-state index contributed by atoms with van der Waals surface area (Å²) in [7, 11) is 0. The van der Waals surface area contributed by atoms with E-state index in [1.807, 2.05) is 4.68 Å². The largest absolute Gasteiger partial charge is 0.481 e. The number of hydrogen-bond donors (Lipinski definition) is 1. The third kappa shape index (κ3) is 2.22. The zero-order valence-electron chi connectivity index (χ0n) is 8.32. The third-order valence-electron chi connectivity index (χ3n) is 2.82. The number of carbonyl (C=O) groups is 1. The molecule has 0 aromatic carbocycles. The van der Waals surface area contributed by atoms with Crippen LogP contribution in [0.15, 0.2) is 10.8 Å². The number of carboxylic acids is 1. The average Bonchev–Trinajstić information content (AvgIpc) is 2.76. The number of nitrogens with zero attached hydrogens (tertiary/aromatic N) is 2. The van der Waals surface area contributed by atoms with Crippen LogP contribution in [0.3, 0.4) is 0 Å². The van der Waals surface area contributed by atoms with Crippen molar-refractivity contribution in [2.75, 3.05) is 0 Å². The average molecular weight is 273 g/mol. The van der Waals surface area contributed by atoms with Crippen LogP contribution in [0, 0.1) is 0 Å². The first kappa shape index (κ1) is 10.7. The molecule has 0 radical (unpaired) electrons. The van der Waals surface area contributed by atoms with Crippen molar-refractivity contribution in [2.24, 2.45) is 0 Å². The number of rotatable bonds is 3. The lowest BCUT2D eigenvalue weighted by Gasteiger charge is -2.11. The summed E-state index contributed by atoms with van der Waals surface area (Å²) < 4.78 is 2.75. The van der Waals surface area contributed by atoms with Crippen LogP contribution >= 0.6 is 15.9 Å². The number of aliphatic carboxylic acids is 1. The van der Waals surface area contributed by atoms with Crippen molar-refractivity contribution < 1.29 is 9.90 Å². The fourth-order valence-corrected chi connectivity index (χ4v) is 2.69. The Kier molecular flexibility index (Phi) is 3.09. The van der Waals surface area contributed by atoms with Gasteiger partial charge >= 0.3 is 5.97 Å². The van der Waals surface area contributed by atoms with Gasteiger partial charge in [-0.25, -0.2) is 0 Å². The van der Waals surface area contributed by atoms with E-state index < -0.39 is 5.97 Å². The molecule has 0 atom stereocenters. The molecule has 1 aliphatic carbocycles. The van der Waals surface area contributed by atoms with Crippen LogP contribution in [-0.4, -0.2) is 20.9 Å². The van der Waals surface area contributed by atoms with Gasteiger partial charge in [0.1, 0.15) is 4.60 Å². The molecule has 1 heterocycles. The molecule has 1 saturated carbocycles. The molecule has 0 amide bonds. The molecule has 0 spiro atoms. The van der Waals surface area contributed by atoms with E-state index in [4.69, 9.17) is 5.11 Å². The molecule has 0 bridgehead atoms. The SMILES string of the molecule is O=C(O)Cc1cnn(C2CCCC2)c1Br. The maximum atomic E-state index is 10.6. The highest BCUT2D eigenvalue weighted by atomic mass is 79.9. The van der Waals surface area contributed by atoms with E-state index >= 15 is 0 Å². The Balaban J connectivity index is 2.18. The molecule has 1 fully saturated rings. The van der Waals surface area contributed by atoms with Crippen molar-refractivity contribution in [1.29, 1.82) is 0 Å². The van der Waals surface area contributed by atoms with Crippen molar-refractivity contribution in [1.82, 2.24) is 9.78 Å². The summed E-state index contributed by atoms with van der Waals surface area (Å²) in [5.41, 5.74) is 0.759. The molecule has 0 unspecified atom stereocenters. The fourth-order valence-electron chi connectivity index (χ4n) is 2.07. The molecular weight excluding hydrogens is 260 g/mol. The summed E-state index contributed by atoms with van der Waals surface area (Å²) >= 11 is 3.43. The van der Waals surface area contributed by atoms with Gasteiger partial charge in [0, 0.05) is 5.56 Å². The molecule has 82 valence electrons. The van der Waals surface area contributed by atoms with Gasteiger partial charge in [-0.1, -0.05) is 12.8 Å². The Morgan fingerprint density at radius 2 is 2.27 bits per heavy atom. The van der Waals surface area contributed by atoms with Gasteiger partial charge < -0.3 is 5.11 Å². The predicted molar refractivity (Wildman–Crippen MR) is 58.8 cm³/mol. The molecule has 1 aromatic rings. The van der Waals surface area contributed by atoms with Crippen LogP contribution in [0.25, 0.3) is 0 Å². The molecule has 1 N–H and O–H groups in total. The first-order valence-electron chi connectivity index (χ1n) is 5.12. The summed E-state index contributed by atoms with van der Waals surface area (Å²) in [6.45, 7) is 0. The van der Waals surface area contributed by atoms with E-state index in [2.05, 4.69) is 21.0 Å². The van der Waals surface area contributed by atoms with Gasteiger partial charge in [0.15, 0.2) is 0 Å². The Bertz CT molecular complexity index is 369. The molecule has 15 heavy (non-hydrogen) atoms. The molecule has 0 aliphatic heterocycles. The lowest BCUT2D eigenvalue weighted by molar-refractivity contribution is -0.136. The minimum atomic E-state index is -0.818. The van der Waals surface area contributed by atoms with Crippen molar-refractivity contribution in [2.45, 2.75) is 38.1 Å². The lowest BCUT2D eigenvalue weighted by atomic mass is 10.2. The Labute approximate surface area is 96.4 Å². The van der Waals surface area contributed by atoms with E-state index in [1.54, 1.807) is 6.20 Å². The summed E-state index contributed by atoms with van der Waals surface area (Å²) in [6, 6.07) is 0.446. The van der Waals surface area contributed by atoms with E-state index in [9.17, 15) is 4.79 Å². The quantitative estimate of drug-likeness (QED) is 0.919. The zero-order chi connectivity index (χ0) is 10.8. The van der Waals surface area contributed by atoms with E-state index in [1.165, 1.54) is 12.8 Å². The van der Waals surface area contributed by atoms with Crippen LogP contribution in [0.1, 0.15) is 37.3 Å². The van der Waals surface area contributed by atoms with Crippen molar-refractivity contribution in [3.8, 4) is 0 Å². The highest BCUT2D eigenvalue weighted by Crippen LogP contribution is 2.32. The summed E-state index contributed by atoms with van der Waals surface area (Å²) in [6.07, 6.45) is 6.46. The Morgan fingerprint density at radius 1 is 1.60 bits per heavy atom. The monoisotopic (exact) mass is 272 g/mol. The highest BCUT2D eigenvalue weighted by molar-refractivity contribution is 9.10. The first-order chi connectivity index (χ1) is 7.18. The first-order valence-corrected chi connectivity index (χ1v) is 5.91. The van der Waals surface area contributed by atoms with E-state index in [0.29, 0.717) is 6.04 Å². The summed E-state index contributed by atoms with van der Waals surface area (Å²) in [4.78, 5) is 10.6. The second-order valence-electron chi connectivity index (χ2n) is 3.91. The van der Waals surface area contributed by atoms with E-state index in [0.717, 1.165) is 23.0 Å². The van der Waals surface area contributed by atoms with Crippen molar-refractivity contribution >= 4 is 21.9 Å². The minimum Gasteiger partial charge on any atom is -0.481 e. The van der Waals surface area contributed by atoms with Crippen molar-refractivity contribution in [3.05, 3.63) is 16.4 Å². The molecule has 4 nitrogen and oxygen atoms in total. The fraction of sp³-hybridized carbons (Fsp3) is 0.600. The Morgan fingerprint density at radius 3 is 2.87 bits per heavy atom. The minimum absolute atomic E-state index is 0.0350. The van der Waals surface area contributed by atoms with Gasteiger partial charge in [-0.2, -0.15) is 5.10 Å². The molecule has 1 aromatic heterocycles. The number of hydrogen-bond acceptors (Lipinski definition) is 2. The molecule has 0 saturated heterocycles.